The first kappa shape index (κ1) is 25.9. The number of carbonyl (C=O) groups is 3. The Morgan fingerprint density at radius 3 is 2.54 bits per heavy atom. The molecule has 0 radical (unpaired) electrons. The van der Waals surface area contributed by atoms with Crippen LogP contribution in [0.1, 0.15) is 59.3 Å². The van der Waals surface area contributed by atoms with Gasteiger partial charge in [0.25, 0.3) is 0 Å². The van der Waals surface area contributed by atoms with Crippen LogP contribution in [0.5, 0.6) is 0 Å². The second-order valence-electron chi connectivity index (χ2n) is 11.2. The van der Waals surface area contributed by atoms with Crippen LogP contribution in [0.2, 0.25) is 0 Å². The Morgan fingerprint density at radius 2 is 1.89 bits per heavy atom. The summed E-state index contributed by atoms with van der Waals surface area (Å²) >= 11 is 0. The molecule has 0 bridgehead atoms. The predicted octanol–water partition coefficient (Wildman–Crippen LogP) is 3.08. The van der Waals surface area contributed by atoms with E-state index in [4.69, 9.17) is 9.84 Å². The lowest BCUT2D eigenvalue weighted by atomic mass is 9.44. The van der Waals surface area contributed by atoms with Crippen molar-refractivity contribution in [3.8, 4) is 0 Å². The number of ketones is 1. The van der Waals surface area contributed by atoms with Crippen LogP contribution < -0.4 is 0 Å². The summed E-state index contributed by atoms with van der Waals surface area (Å²) in [6.45, 7) is 4.74. The largest absolute Gasteiger partial charge is 0.481 e. The van der Waals surface area contributed by atoms with Crippen LogP contribution in [-0.2, 0) is 19.1 Å². The normalized spacial score (nSPS) is 46.3. The summed E-state index contributed by atoms with van der Waals surface area (Å²) in [6, 6.07) is 0. The quantitative estimate of drug-likeness (QED) is 0.382. The Morgan fingerprint density at radius 1 is 1.20 bits per heavy atom. The molecule has 3 fully saturated rings. The third-order valence-corrected chi connectivity index (χ3v) is 9.54. The number of allylic oxidation sites excluding steroid dienone is 4. The second kappa shape index (κ2) is 8.47. The van der Waals surface area contributed by atoms with E-state index in [-0.39, 0.29) is 37.9 Å². The van der Waals surface area contributed by atoms with E-state index in [1.165, 1.54) is 19.1 Å². The number of aliphatic hydroxyl groups excluding tert-OH is 1. The fourth-order valence-electron chi connectivity index (χ4n) is 7.63. The van der Waals surface area contributed by atoms with Gasteiger partial charge >= 0.3 is 11.9 Å². The Kier molecular flexibility index (Phi) is 6.28. The van der Waals surface area contributed by atoms with Gasteiger partial charge in [0.2, 0.25) is 0 Å². The topological polar surface area (TPSA) is 121 Å². The summed E-state index contributed by atoms with van der Waals surface area (Å²) in [7, 11) is 0. The number of carboxylic acids is 1. The number of ether oxygens (including phenoxy) is 1. The van der Waals surface area contributed by atoms with Crippen molar-refractivity contribution in [2.75, 3.05) is 6.61 Å². The molecular weight excluding hydrogens is 462 g/mol. The molecule has 2 unspecified atom stereocenters. The van der Waals surface area contributed by atoms with Crippen molar-refractivity contribution in [3.63, 3.8) is 0 Å². The lowest BCUT2D eigenvalue weighted by Gasteiger charge is -2.62. The van der Waals surface area contributed by atoms with Crippen LogP contribution in [0, 0.1) is 28.6 Å². The molecule has 4 aliphatic rings. The Hall–Kier alpha value is -2.13. The predicted molar refractivity (Wildman–Crippen MR) is 121 cm³/mol. The first-order valence-electron chi connectivity index (χ1n) is 12.3. The number of alkyl halides is 2. The van der Waals surface area contributed by atoms with Crippen molar-refractivity contribution in [2.24, 2.45) is 28.6 Å². The van der Waals surface area contributed by atoms with Crippen molar-refractivity contribution >= 4 is 17.7 Å². The van der Waals surface area contributed by atoms with Crippen LogP contribution in [0.3, 0.4) is 0 Å². The standard InChI is InChI=1S/C26H34F2O7/c1-14-10-16-17-12-19(27)18-11-15(29)7-8-23(18,2)25(17,28)20(30)13-24(16,3)26(14,34)22(33)35-9-5-4-6-21(31)32/h7-8,11,14,16-17,19-20,30,34H,4-6,9-10,12-13H2,1-3H3,(H,31,32)/t14-,16?,17?,19+,20+,23+,24+,25+,26+/m1/s1. The van der Waals surface area contributed by atoms with Gasteiger partial charge in [-0.3, -0.25) is 9.59 Å². The van der Waals surface area contributed by atoms with Gasteiger partial charge < -0.3 is 20.1 Å². The number of carboxylic acid groups (broad SMARTS) is 1. The SMILES string of the molecule is C[C@@H]1CC2C3C[C@H](F)C4=CC(=O)C=C[C@]4(C)[C@@]3(F)[C@@H](O)C[C@]2(C)[C@@]1(O)C(=O)OCCCCC(=O)O. The highest BCUT2D eigenvalue weighted by Crippen LogP contribution is 2.71. The zero-order valence-corrected chi connectivity index (χ0v) is 20.3. The van der Waals surface area contributed by atoms with Gasteiger partial charge in [0.05, 0.1) is 12.7 Å². The van der Waals surface area contributed by atoms with Gasteiger partial charge in [-0.1, -0.05) is 19.9 Å². The number of hydrogen-bond donors (Lipinski definition) is 3. The molecule has 0 aliphatic heterocycles. The molecule has 194 valence electrons. The Labute approximate surface area is 203 Å². The van der Waals surface area contributed by atoms with E-state index >= 15 is 8.78 Å². The number of rotatable bonds is 6. The van der Waals surface area contributed by atoms with E-state index in [1.807, 2.05) is 0 Å². The lowest BCUT2D eigenvalue weighted by Crippen LogP contribution is -2.70. The van der Waals surface area contributed by atoms with Crippen molar-refractivity contribution in [3.05, 3.63) is 23.8 Å². The average molecular weight is 497 g/mol. The highest BCUT2D eigenvalue weighted by molar-refractivity contribution is 6.01. The molecule has 0 aromatic carbocycles. The van der Waals surface area contributed by atoms with Gasteiger partial charge in [-0.15, -0.1) is 0 Å². The van der Waals surface area contributed by atoms with Gasteiger partial charge in [-0.05, 0) is 68.6 Å². The van der Waals surface area contributed by atoms with E-state index < -0.39 is 69.9 Å². The summed E-state index contributed by atoms with van der Waals surface area (Å²) in [5.74, 6) is -4.50. The fourth-order valence-corrected chi connectivity index (χ4v) is 7.63. The molecule has 0 heterocycles. The summed E-state index contributed by atoms with van der Waals surface area (Å²) in [6.07, 6.45) is 0.769. The van der Waals surface area contributed by atoms with E-state index in [0.717, 1.165) is 6.08 Å². The number of carbonyl (C=O) groups excluding carboxylic acids is 2. The van der Waals surface area contributed by atoms with Crippen molar-refractivity contribution in [1.82, 2.24) is 0 Å². The lowest BCUT2D eigenvalue weighted by molar-refractivity contribution is -0.231. The zero-order chi connectivity index (χ0) is 26.0. The zero-order valence-electron chi connectivity index (χ0n) is 20.3. The first-order valence-corrected chi connectivity index (χ1v) is 12.3. The molecule has 4 rings (SSSR count). The number of aliphatic carboxylic acids is 1. The van der Waals surface area contributed by atoms with Crippen LogP contribution in [0.15, 0.2) is 23.8 Å². The highest BCUT2D eigenvalue weighted by atomic mass is 19.1. The summed E-state index contributed by atoms with van der Waals surface area (Å²) in [4.78, 5) is 35.8. The smallest absolute Gasteiger partial charge is 0.338 e. The number of fused-ring (bicyclic) bond motifs is 5. The number of hydrogen-bond acceptors (Lipinski definition) is 6. The minimum atomic E-state index is -2.28. The van der Waals surface area contributed by atoms with E-state index in [9.17, 15) is 24.6 Å². The molecule has 9 atom stereocenters. The minimum absolute atomic E-state index is 0.0217. The molecule has 3 N–H and O–H groups in total. The molecule has 0 amide bonds. The second-order valence-corrected chi connectivity index (χ2v) is 11.2. The average Bonchev–Trinajstić information content (AvgIpc) is 2.98. The van der Waals surface area contributed by atoms with E-state index in [0.29, 0.717) is 12.8 Å². The Balaban J connectivity index is 1.64. The van der Waals surface area contributed by atoms with Crippen LogP contribution >= 0.6 is 0 Å². The molecule has 0 spiro atoms. The van der Waals surface area contributed by atoms with Crippen molar-refractivity contribution < 1.29 is 43.2 Å². The van der Waals surface area contributed by atoms with Gasteiger partial charge in [0.15, 0.2) is 17.1 Å². The molecule has 3 saturated carbocycles. The maximum absolute atomic E-state index is 17.1. The molecule has 0 aromatic heterocycles. The number of aliphatic hydroxyl groups is 2. The maximum Gasteiger partial charge on any atom is 0.338 e. The third-order valence-electron chi connectivity index (χ3n) is 9.54. The highest BCUT2D eigenvalue weighted by Gasteiger charge is 2.77. The Bertz CT molecular complexity index is 994. The summed E-state index contributed by atoms with van der Waals surface area (Å²) in [5.41, 5.74) is -7.08. The van der Waals surface area contributed by atoms with Gasteiger partial charge in [0.1, 0.15) is 6.17 Å². The third kappa shape index (κ3) is 3.44. The number of esters is 1. The minimum Gasteiger partial charge on any atom is -0.481 e. The molecule has 4 aliphatic carbocycles. The van der Waals surface area contributed by atoms with E-state index in [1.54, 1.807) is 13.8 Å². The monoisotopic (exact) mass is 496 g/mol. The molecule has 7 nitrogen and oxygen atoms in total. The summed E-state index contributed by atoms with van der Waals surface area (Å²) in [5, 5.41) is 31.8. The van der Waals surface area contributed by atoms with Crippen LogP contribution in [0.25, 0.3) is 0 Å². The molecule has 35 heavy (non-hydrogen) atoms. The molecule has 0 saturated heterocycles. The van der Waals surface area contributed by atoms with Crippen LogP contribution in [-0.4, -0.2) is 63.2 Å². The number of unbranched alkanes of at least 4 members (excludes halogenated alkanes) is 1. The summed E-state index contributed by atoms with van der Waals surface area (Å²) < 4.78 is 37.9. The first-order chi connectivity index (χ1) is 16.2. The van der Waals surface area contributed by atoms with E-state index in [2.05, 4.69) is 0 Å². The van der Waals surface area contributed by atoms with Crippen molar-refractivity contribution in [2.45, 2.75) is 82.8 Å². The molecule has 9 heteroatoms. The molecule has 0 aromatic rings. The maximum atomic E-state index is 17.1. The van der Waals surface area contributed by atoms with Crippen molar-refractivity contribution in [1.29, 1.82) is 0 Å². The number of halogens is 2. The van der Waals surface area contributed by atoms with Gasteiger partial charge in [-0.25, -0.2) is 13.6 Å². The molecular formula is C26H34F2O7. The van der Waals surface area contributed by atoms with Gasteiger partial charge in [0, 0.05) is 23.2 Å². The van der Waals surface area contributed by atoms with Crippen LogP contribution in [0.4, 0.5) is 8.78 Å². The fraction of sp³-hybridized carbons (Fsp3) is 0.731. The van der Waals surface area contributed by atoms with Gasteiger partial charge in [-0.2, -0.15) is 0 Å².